The minimum atomic E-state index is -0.499. The molecule has 1 amide bonds. The maximum Gasteiger partial charge on any atom is 0.226 e. The summed E-state index contributed by atoms with van der Waals surface area (Å²) >= 11 is 0. The van der Waals surface area contributed by atoms with Crippen molar-refractivity contribution in [1.82, 2.24) is 10.2 Å². The van der Waals surface area contributed by atoms with Crippen LogP contribution in [0.5, 0.6) is 0 Å². The Bertz CT molecular complexity index is 313. The first-order valence-corrected chi connectivity index (χ1v) is 7.14. The number of carbonyl (C=O) groups is 1. The second-order valence-electron chi connectivity index (χ2n) is 6.39. The first-order valence-electron chi connectivity index (χ1n) is 7.14. The zero-order valence-electron chi connectivity index (χ0n) is 11.7. The lowest BCUT2D eigenvalue weighted by Crippen LogP contribution is -2.53. The molecule has 4 heteroatoms. The molecule has 1 heterocycles. The molecule has 1 aliphatic heterocycles. The Morgan fingerprint density at radius 3 is 2.56 bits per heavy atom. The van der Waals surface area contributed by atoms with E-state index in [-0.39, 0.29) is 11.3 Å². The number of piperidine rings is 1. The van der Waals surface area contributed by atoms with Crippen LogP contribution in [-0.2, 0) is 4.79 Å². The molecule has 1 saturated carbocycles. The maximum absolute atomic E-state index is 12.0. The summed E-state index contributed by atoms with van der Waals surface area (Å²) in [5.41, 5.74) is -0.789. The lowest BCUT2D eigenvalue weighted by atomic mass is 9.80. The summed E-state index contributed by atoms with van der Waals surface area (Å²) in [5.74, 6) is 0.130. The molecule has 4 nitrogen and oxygen atoms in total. The van der Waals surface area contributed by atoms with E-state index >= 15 is 0 Å². The molecule has 1 aliphatic carbocycles. The summed E-state index contributed by atoms with van der Waals surface area (Å²) in [7, 11) is 1.71. The summed E-state index contributed by atoms with van der Waals surface area (Å²) in [6, 6.07) is 0. The van der Waals surface area contributed by atoms with Gasteiger partial charge in [-0.2, -0.15) is 0 Å². The first kappa shape index (κ1) is 13.8. The molecule has 0 unspecified atom stereocenters. The number of nitrogens with zero attached hydrogens (tertiary/aromatic N) is 1. The molecule has 1 atom stereocenters. The molecule has 0 radical (unpaired) electrons. The van der Waals surface area contributed by atoms with Gasteiger partial charge in [0.05, 0.1) is 11.0 Å². The quantitative estimate of drug-likeness (QED) is 0.794. The number of nitrogens with one attached hydrogen (secondary N) is 1. The van der Waals surface area contributed by atoms with Crippen LogP contribution < -0.4 is 5.32 Å². The van der Waals surface area contributed by atoms with Crippen molar-refractivity contribution >= 4 is 5.91 Å². The Hall–Kier alpha value is -0.610. The van der Waals surface area contributed by atoms with Gasteiger partial charge in [0.25, 0.3) is 0 Å². The summed E-state index contributed by atoms with van der Waals surface area (Å²) in [4.78, 5) is 14.2. The normalized spacial score (nSPS) is 32.4. The molecule has 0 bridgehead atoms. The van der Waals surface area contributed by atoms with Crippen molar-refractivity contribution < 1.29 is 9.90 Å². The first-order chi connectivity index (χ1) is 8.47. The highest BCUT2D eigenvalue weighted by molar-refractivity contribution is 5.82. The number of rotatable bonds is 3. The van der Waals surface area contributed by atoms with Crippen molar-refractivity contribution in [1.29, 1.82) is 0 Å². The van der Waals surface area contributed by atoms with Crippen molar-refractivity contribution in [2.45, 2.75) is 51.0 Å². The molecule has 0 aromatic heterocycles. The number of hydrogen-bond acceptors (Lipinski definition) is 3. The van der Waals surface area contributed by atoms with Crippen LogP contribution in [0.15, 0.2) is 0 Å². The average Bonchev–Trinajstić information content (AvgIpc) is 2.74. The van der Waals surface area contributed by atoms with Gasteiger partial charge in [-0.3, -0.25) is 9.69 Å². The molecular formula is C14H26N2O2. The Morgan fingerprint density at radius 2 is 1.94 bits per heavy atom. The van der Waals surface area contributed by atoms with Gasteiger partial charge < -0.3 is 10.4 Å². The van der Waals surface area contributed by atoms with Gasteiger partial charge in [0, 0.05) is 20.1 Å². The second kappa shape index (κ2) is 5.17. The highest BCUT2D eigenvalue weighted by Gasteiger charge is 2.40. The average molecular weight is 254 g/mol. The molecule has 0 spiro atoms. The molecule has 2 rings (SSSR count). The molecule has 0 aromatic carbocycles. The van der Waals surface area contributed by atoms with Crippen molar-refractivity contribution in [3.63, 3.8) is 0 Å². The van der Waals surface area contributed by atoms with Crippen LogP contribution in [0.25, 0.3) is 0 Å². The molecule has 1 saturated heterocycles. The van der Waals surface area contributed by atoms with Crippen molar-refractivity contribution in [2.24, 2.45) is 5.41 Å². The van der Waals surface area contributed by atoms with E-state index in [4.69, 9.17) is 0 Å². The summed E-state index contributed by atoms with van der Waals surface area (Å²) in [5, 5.41) is 13.2. The van der Waals surface area contributed by atoms with Crippen LogP contribution in [0.4, 0.5) is 0 Å². The standard InChI is InChI=1S/C14H26N2O2/c1-13(12(17)15-2)6-5-9-16(10-13)11-14(18)7-3-4-8-14/h18H,3-11H2,1-2H3,(H,15,17)/t13-/m0/s1. The van der Waals surface area contributed by atoms with Gasteiger partial charge in [-0.05, 0) is 39.2 Å². The highest BCUT2D eigenvalue weighted by Crippen LogP contribution is 2.34. The van der Waals surface area contributed by atoms with Crippen LogP contribution in [-0.4, -0.2) is 48.2 Å². The molecule has 18 heavy (non-hydrogen) atoms. The smallest absolute Gasteiger partial charge is 0.226 e. The monoisotopic (exact) mass is 254 g/mol. The SMILES string of the molecule is CNC(=O)[C@@]1(C)CCCN(CC2(O)CCCC2)C1. The van der Waals surface area contributed by atoms with Crippen LogP contribution in [0.3, 0.4) is 0 Å². The molecular weight excluding hydrogens is 228 g/mol. The van der Waals surface area contributed by atoms with Gasteiger partial charge in [-0.15, -0.1) is 0 Å². The third-order valence-corrected chi connectivity index (χ3v) is 4.60. The van der Waals surface area contributed by atoms with Crippen molar-refractivity contribution in [3.05, 3.63) is 0 Å². The molecule has 104 valence electrons. The number of aliphatic hydroxyl groups is 1. The third kappa shape index (κ3) is 2.86. The zero-order valence-corrected chi connectivity index (χ0v) is 11.7. The van der Waals surface area contributed by atoms with Crippen LogP contribution in [0, 0.1) is 5.41 Å². The van der Waals surface area contributed by atoms with E-state index in [0.717, 1.165) is 58.2 Å². The van der Waals surface area contributed by atoms with Gasteiger partial charge in [0.2, 0.25) is 5.91 Å². The zero-order chi connectivity index (χ0) is 13.2. The Kier molecular flexibility index (Phi) is 3.97. The largest absolute Gasteiger partial charge is 0.389 e. The molecule has 0 aromatic rings. The number of likely N-dealkylation sites (tertiary alicyclic amines) is 1. The van der Waals surface area contributed by atoms with E-state index in [2.05, 4.69) is 10.2 Å². The van der Waals surface area contributed by atoms with E-state index in [1.807, 2.05) is 6.92 Å². The van der Waals surface area contributed by atoms with Gasteiger partial charge in [-0.1, -0.05) is 12.8 Å². The highest BCUT2D eigenvalue weighted by atomic mass is 16.3. The molecule has 2 N–H and O–H groups in total. The van der Waals surface area contributed by atoms with E-state index in [0.29, 0.717) is 0 Å². The number of carbonyl (C=O) groups excluding carboxylic acids is 1. The van der Waals surface area contributed by atoms with Gasteiger partial charge in [0.15, 0.2) is 0 Å². The fourth-order valence-electron chi connectivity index (χ4n) is 3.57. The second-order valence-corrected chi connectivity index (χ2v) is 6.39. The minimum absolute atomic E-state index is 0.130. The van der Waals surface area contributed by atoms with Crippen molar-refractivity contribution in [3.8, 4) is 0 Å². The predicted molar refractivity (Wildman–Crippen MR) is 71.3 cm³/mol. The topological polar surface area (TPSA) is 52.6 Å². The number of β-amino-alcohol motifs (C(OH)–C–C–N with tert-alkyl or cyclic N) is 1. The van der Waals surface area contributed by atoms with Crippen molar-refractivity contribution in [2.75, 3.05) is 26.7 Å². The summed E-state index contributed by atoms with van der Waals surface area (Å²) in [6.07, 6.45) is 6.09. The van der Waals surface area contributed by atoms with E-state index in [1.165, 1.54) is 0 Å². The van der Waals surface area contributed by atoms with E-state index < -0.39 is 5.60 Å². The Morgan fingerprint density at radius 1 is 1.28 bits per heavy atom. The summed E-state index contributed by atoms with van der Waals surface area (Å²) < 4.78 is 0. The minimum Gasteiger partial charge on any atom is -0.389 e. The van der Waals surface area contributed by atoms with Gasteiger partial charge >= 0.3 is 0 Å². The number of hydrogen-bond donors (Lipinski definition) is 2. The lowest BCUT2D eigenvalue weighted by molar-refractivity contribution is -0.133. The fraction of sp³-hybridized carbons (Fsp3) is 0.929. The predicted octanol–water partition coefficient (Wildman–Crippen LogP) is 1.14. The lowest BCUT2D eigenvalue weighted by Gasteiger charge is -2.41. The van der Waals surface area contributed by atoms with Crippen LogP contribution >= 0.6 is 0 Å². The van der Waals surface area contributed by atoms with E-state index in [1.54, 1.807) is 7.05 Å². The fourth-order valence-corrected chi connectivity index (χ4v) is 3.57. The van der Waals surface area contributed by atoms with E-state index in [9.17, 15) is 9.90 Å². The maximum atomic E-state index is 12.0. The third-order valence-electron chi connectivity index (χ3n) is 4.60. The molecule has 2 fully saturated rings. The van der Waals surface area contributed by atoms with Crippen LogP contribution in [0.1, 0.15) is 45.4 Å². The number of amides is 1. The summed E-state index contributed by atoms with van der Waals surface area (Å²) in [6.45, 7) is 4.56. The Balaban J connectivity index is 1.96. The Labute approximate surface area is 110 Å². The van der Waals surface area contributed by atoms with Gasteiger partial charge in [0.1, 0.15) is 0 Å². The van der Waals surface area contributed by atoms with Crippen LogP contribution in [0.2, 0.25) is 0 Å². The molecule has 2 aliphatic rings. The van der Waals surface area contributed by atoms with Gasteiger partial charge in [-0.25, -0.2) is 0 Å².